The number of hydrogen-bond acceptors (Lipinski definition) is 6. The van der Waals surface area contributed by atoms with Crippen LogP contribution in [-0.4, -0.2) is 42.1 Å². The van der Waals surface area contributed by atoms with Crippen LogP contribution in [0.3, 0.4) is 0 Å². The van der Waals surface area contributed by atoms with Crippen molar-refractivity contribution in [2.45, 2.75) is 25.2 Å². The van der Waals surface area contributed by atoms with Gasteiger partial charge < -0.3 is 15.5 Å². The fraction of sp³-hybridized carbons (Fsp3) is 0.304. The molecule has 1 saturated heterocycles. The fourth-order valence-electron chi connectivity index (χ4n) is 4.20. The van der Waals surface area contributed by atoms with E-state index in [0.29, 0.717) is 0 Å². The van der Waals surface area contributed by atoms with E-state index in [2.05, 4.69) is 25.3 Å². The molecule has 0 aliphatic carbocycles. The van der Waals surface area contributed by atoms with Crippen LogP contribution in [0.15, 0.2) is 45.7 Å². The zero-order chi connectivity index (χ0) is 24.6. The number of H-pyrrole nitrogens is 1. The van der Waals surface area contributed by atoms with Gasteiger partial charge in [0.2, 0.25) is 11.9 Å². The first-order chi connectivity index (χ1) is 16.2. The summed E-state index contributed by atoms with van der Waals surface area (Å²) in [6.45, 7) is 4.40. The molecule has 34 heavy (non-hydrogen) atoms. The normalized spacial score (nSPS) is 14.6. The number of hydrogen-bond donors (Lipinski definition) is 3. The lowest BCUT2D eigenvalue weighted by molar-refractivity contribution is -0.122. The first kappa shape index (κ1) is 23.5. The molecule has 11 heteroatoms. The number of nitrogens with zero attached hydrogens (tertiary/aromatic N) is 2. The maximum Gasteiger partial charge on any atom is 0.440 e. The number of nitrogens with one attached hydrogen (secondary N) is 3. The summed E-state index contributed by atoms with van der Waals surface area (Å²) in [5.74, 6) is -2.10. The van der Waals surface area contributed by atoms with Gasteiger partial charge in [-0.15, -0.1) is 0 Å². The highest BCUT2D eigenvalue weighted by Gasteiger charge is 2.53. The topological polar surface area (TPSA) is 120 Å². The number of rotatable bonds is 6. The third-order valence-corrected chi connectivity index (χ3v) is 6.25. The van der Waals surface area contributed by atoms with Crippen molar-refractivity contribution < 1.29 is 18.5 Å². The molecule has 0 spiro atoms. The number of benzene rings is 2. The van der Waals surface area contributed by atoms with E-state index in [9.17, 15) is 18.8 Å². The van der Waals surface area contributed by atoms with Crippen LogP contribution < -0.4 is 21.3 Å². The molecule has 0 atom stereocenters. The molecule has 3 N–H and O–H groups in total. The van der Waals surface area contributed by atoms with Crippen LogP contribution in [-0.2, 0) is 10.2 Å². The lowest BCUT2D eigenvalue weighted by atomic mass is 9.69. The van der Waals surface area contributed by atoms with Crippen molar-refractivity contribution in [2.75, 3.05) is 30.4 Å². The van der Waals surface area contributed by atoms with Crippen LogP contribution in [0.25, 0.3) is 0 Å². The van der Waals surface area contributed by atoms with E-state index in [1.54, 1.807) is 4.90 Å². The van der Waals surface area contributed by atoms with Gasteiger partial charge >= 0.3 is 5.76 Å². The first-order valence-electron chi connectivity index (χ1n) is 10.6. The van der Waals surface area contributed by atoms with Gasteiger partial charge in [0.1, 0.15) is 11.2 Å². The van der Waals surface area contributed by atoms with Gasteiger partial charge in [-0.05, 0) is 34.3 Å². The second-order valence-corrected chi connectivity index (χ2v) is 8.85. The lowest BCUT2D eigenvalue weighted by Crippen LogP contribution is -2.66. The van der Waals surface area contributed by atoms with Crippen LogP contribution in [0.2, 0.25) is 5.02 Å². The highest BCUT2D eigenvalue weighted by Crippen LogP contribution is 2.41. The Morgan fingerprint density at radius 2 is 1.97 bits per heavy atom. The molecule has 0 radical (unpaired) electrons. The van der Waals surface area contributed by atoms with E-state index in [4.69, 9.17) is 11.6 Å². The Hall–Kier alpha value is -3.66. The molecule has 2 amide bonds. The quantitative estimate of drug-likeness (QED) is 0.491. The van der Waals surface area contributed by atoms with E-state index < -0.39 is 28.8 Å². The highest BCUT2D eigenvalue weighted by molar-refractivity contribution is 6.31. The largest absolute Gasteiger partial charge is 0.440 e. The number of halogens is 2. The highest BCUT2D eigenvalue weighted by atomic mass is 35.5. The van der Waals surface area contributed by atoms with E-state index in [1.165, 1.54) is 13.1 Å². The van der Waals surface area contributed by atoms with Crippen molar-refractivity contribution in [3.05, 3.63) is 74.5 Å². The third kappa shape index (κ3) is 4.05. The summed E-state index contributed by atoms with van der Waals surface area (Å²) in [6, 6.07) is 9.77. The van der Waals surface area contributed by atoms with Crippen LogP contribution in [0.4, 0.5) is 16.0 Å². The van der Waals surface area contributed by atoms with Crippen molar-refractivity contribution in [3.8, 4) is 0 Å². The van der Waals surface area contributed by atoms with Gasteiger partial charge in [0.05, 0.1) is 16.3 Å². The lowest BCUT2D eigenvalue weighted by Gasteiger charge is -2.49. The summed E-state index contributed by atoms with van der Waals surface area (Å²) < 4.78 is 18.9. The monoisotopic (exact) mass is 487 g/mol. The summed E-state index contributed by atoms with van der Waals surface area (Å²) in [4.78, 5) is 41.7. The maximum absolute atomic E-state index is 14.3. The average Bonchev–Trinajstić information content (AvgIpc) is 3.21. The van der Waals surface area contributed by atoms with Crippen LogP contribution in [0.5, 0.6) is 0 Å². The predicted molar refractivity (Wildman–Crippen MR) is 125 cm³/mol. The van der Waals surface area contributed by atoms with E-state index in [1.807, 2.05) is 38.1 Å². The minimum absolute atomic E-state index is 0.000876. The number of carbonyl (C=O) groups is 2. The minimum Gasteiger partial charge on any atom is -0.355 e. The third-order valence-electron chi connectivity index (χ3n) is 5.96. The molecule has 1 aliphatic rings. The van der Waals surface area contributed by atoms with Gasteiger partial charge in [0.25, 0.3) is 5.91 Å². The Kier molecular flexibility index (Phi) is 6.18. The van der Waals surface area contributed by atoms with Gasteiger partial charge in [-0.2, -0.15) is 0 Å². The number of carbonyl (C=O) groups excluding carboxylic acids is 2. The number of aromatic nitrogens is 2. The molecule has 2 aromatic carbocycles. The Morgan fingerprint density at radius 3 is 2.59 bits per heavy atom. The second kappa shape index (κ2) is 8.94. The first-order valence-corrected chi connectivity index (χ1v) is 11.0. The van der Waals surface area contributed by atoms with Gasteiger partial charge in [-0.1, -0.05) is 49.7 Å². The van der Waals surface area contributed by atoms with Gasteiger partial charge in [-0.3, -0.25) is 19.1 Å². The molecule has 1 fully saturated rings. The average molecular weight is 488 g/mol. The fourth-order valence-corrected chi connectivity index (χ4v) is 4.36. The molecule has 0 unspecified atom stereocenters. The smallest absolute Gasteiger partial charge is 0.355 e. The molecule has 0 bridgehead atoms. The molecular weight excluding hydrogens is 465 g/mol. The summed E-state index contributed by atoms with van der Waals surface area (Å²) in [6.07, 6.45) is 0. The Labute approximate surface area is 199 Å². The van der Waals surface area contributed by atoms with Gasteiger partial charge in [0, 0.05) is 20.1 Å². The molecular formula is C23H23ClFN5O4. The van der Waals surface area contributed by atoms with Crippen LogP contribution >= 0.6 is 11.6 Å². The van der Waals surface area contributed by atoms with Crippen LogP contribution in [0.1, 0.15) is 41.3 Å². The van der Waals surface area contributed by atoms with Crippen molar-refractivity contribution in [2.24, 2.45) is 0 Å². The zero-order valence-electron chi connectivity index (χ0n) is 18.7. The molecule has 178 valence electrons. The summed E-state index contributed by atoms with van der Waals surface area (Å²) >= 11 is 5.87. The van der Waals surface area contributed by atoms with E-state index >= 15 is 0 Å². The predicted octanol–water partition coefficient (Wildman–Crippen LogP) is 3.04. The number of amides is 2. The SMILES string of the molecule is CNC(=O)c1cc(Cl)c(F)cc1NC(=O)C1(c2ccccc2C(C)C)CN(c2noc(=O)[nH]2)C1. The summed E-state index contributed by atoms with van der Waals surface area (Å²) in [5.41, 5.74) is 0.736. The van der Waals surface area contributed by atoms with Crippen molar-refractivity contribution in [3.63, 3.8) is 0 Å². The maximum atomic E-state index is 14.3. The van der Waals surface area contributed by atoms with Crippen molar-refractivity contribution in [1.82, 2.24) is 15.5 Å². The van der Waals surface area contributed by atoms with Crippen molar-refractivity contribution >= 4 is 35.1 Å². The van der Waals surface area contributed by atoms with Gasteiger partial charge in [-0.25, -0.2) is 9.18 Å². The standard InChI is InChI=1S/C23H23ClFN5O4/c1-12(2)13-6-4-5-7-15(13)23(10-30(11-23)21-28-22(33)34-29-21)20(32)27-18-9-17(25)16(24)8-14(18)19(31)26-3/h4-9,12H,10-11H2,1-3H3,(H,26,31)(H,27,32)(H,28,29,33). The zero-order valence-corrected chi connectivity index (χ0v) is 19.5. The molecule has 1 aliphatic heterocycles. The van der Waals surface area contributed by atoms with Crippen LogP contribution in [0, 0.1) is 5.82 Å². The molecule has 1 aromatic heterocycles. The second-order valence-electron chi connectivity index (χ2n) is 8.44. The molecule has 3 aromatic rings. The number of anilines is 2. The van der Waals surface area contributed by atoms with Crippen molar-refractivity contribution in [1.29, 1.82) is 0 Å². The van der Waals surface area contributed by atoms with E-state index in [0.717, 1.165) is 17.2 Å². The minimum atomic E-state index is -1.06. The number of aromatic amines is 1. The van der Waals surface area contributed by atoms with Gasteiger partial charge in [0.15, 0.2) is 0 Å². The Balaban J connectivity index is 1.76. The molecule has 0 saturated carbocycles. The summed E-state index contributed by atoms with van der Waals surface area (Å²) in [5, 5.41) is 8.67. The molecule has 4 rings (SSSR count). The Morgan fingerprint density at radius 1 is 1.26 bits per heavy atom. The molecule has 2 heterocycles. The molecule has 9 nitrogen and oxygen atoms in total. The Bertz CT molecular complexity index is 1310. The summed E-state index contributed by atoms with van der Waals surface area (Å²) in [7, 11) is 1.42. The van der Waals surface area contributed by atoms with E-state index in [-0.39, 0.29) is 41.2 Å².